The zero-order chi connectivity index (χ0) is 22.2. The van der Waals surface area contributed by atoms with Crippen LogP contribution in [0.2, 0.25) is 0 Å². The number of hydrogen-bond acceptors (Lipinski definition) is 6. The second-order valence-electron chi connectivity index (χ2n) is 8.92. The first-order chi connectivity index (χ1) is 15.7. The highest BCUT2D eigenvalue weighted by Gasteiger charge is 2.22. The number of carbonyl (C=O) groups is 1. The van der Waals surface area contributed by atoms with Crippen molar-refractivity contribution < 1.29 is 9.90 Å². The van der Waals surface area contributed by atoms with Gasteiger partial charge in [-0.1, -0.05) is 36.8 Å². The largest absolute Gasteiger partial charge is 0.390 e. The zero-order valence-corrected chi connectivity index (χ0v) is 18.8. The minimum atomic E-state index is -0.281. The van der Waals surface area contributed by atoms with Gasteiger partial charge in [-0.05, 0) is 43.6 Å². The lowest BCUT2D eigenvalue weighted by Gasteiger charge is -2.37. The SMILES string of the molecule is O=C(Cc1ccccc1)Nc1ccc(N2CCN(CC(O)CN3CCCCC3)CC2)nc1. The van der Waals surface area contributed by atoms with Crippen molar-refractivity contribution in [2.45, 2.75) is 31.8 Å². The van der Waals surface area contributed by atoms with Gasteiger partial charge >= 0.3 is 0 Å². The van der Waals surface area contributed by atoms with Crippen molar-refractivity contribution in [3.63, 3.8) is 0 Å². The van der Waals surface area contributed by atoms with Crippen LogP contribution in [0.1, 0.15) is 24.8 Å². The Labute approximate surface area is 191 Å². The molecule has 7 heteroatoms. The number of likely N-dealkylation sites (tertiary alicyclic amines) is 1. The second kappa shape index (κ2) is 11.4. The second-order valence-corrected chi connectivity index (χ2v) is 8.92. The molecule has 3 heterocycles. The highest BCUT2D eigenvalue weighted by molar-refractivity contribution is 5.92. The van der Waals surface area contributed by atoms with Crippen LogP contribution in [-0.4, -0.2) is 84.3 Å². The van der Waals surface area contributed by atoms with Crippen molar-refractivity contribution in [2.75, 3.05) is 62.6 Å². The van der Waals surface area contributed by atoms with Gasteiger partial charge in [-0.3, -0.25) is 9.69 Å². The van der Waals surface area contributed by atoms with Crippen LogP contribution in [0.4, 0.5) is 11.5 Å². The molecule has 32 heavy (non-hydrogen) atoms. The van der Waals surface area contributed by atoms with Crippen molar-refractivity contribution in [1.82, 2.24) is 14.8 Å². The molecule has 1 unspecified atom stereocenters. The zero-order valence-electron chi connectivity index (χ0n) is 18.8. The lowest BCUT2D eigenvalue weighted by atomic mass is 10.1. The Morgan fingerprint density at radius 2 is 1.59 bits per heavy atom. The third kappa shape index (κ3) is 6.76. The molecule has 2 fully saturated rings. The predicted molar refractivity (Wildman–Crippen MR) is 128 cm³/mol. The van der Waals surface area contributed by atoms with E-state index in [-0.39, 0.29) is 12.0 Å². The number of aromatic nitrogens is 1. The van der Waals surface area contributed by atoms with Gasteiger partial charge in [0.2, 0.25) is 5.91 Å². The maximum absolute atomic E-state index is 12.2. The molecule has 0 spiro atoms. The molecule has 1 aromatic carbocycles. The molecule has 0 aliphatic carbocycles. The molecule has 2 N–H and O–H groups in total. The molecule has 2 aliphatic heterocycles. The van der Waals surface area contributed by atoms with Gasteiger partial charge in [-0.2, -0.15) is 0 Å². The number of piperidine rings is 1. The first-order valence-electron chi connectivity index (χ1n) is 11.8. The highest BCUT2D eigenvalue weighted by Crippen LogP contribution is 2.17. The summed E-state index contributed by atoms with van der Waals surface area (Å²) >= 11 is 0. The van der Waals surface area contributed by atoms with Gasteiger partial charge in [0.05, 0.1) is 24.4 Å². The van der Waals surface area contributed by atoms with Crippen LogP contribution in [0.25, 0.3) is 0 Å². The third-order valence-corrected chi connectivity index (χ3v) is 6.32. The van der Waals surface area contributed by atoms with E-state index in [0.717, 1.165) is 63.7 Å². The van der Waals surface area contributed by atoms with E-state index in [1.54, 1.807) is 6.20 Å². The van der Waals surface area contributed by atoms with Gasteiger partial charge in [0.1, 0.15) is 5.82 Å². The van der Waals surface area contributed by atoms with E-state index in [4.69, 9.17) is 0 Å². The van der Waals surface area contributed by atoms with Crippen LogP contribution in [-0.2, 0) is 11.2 Å². The quantitative estimate of drug-likeness (QED) is 0.660. The molecule has 2 aromatic rings. The minimum absolute atomic E-state index is 0.0394. The molecule has 4 rings (SSSR count). The molecule has 2 aliphatic rings. The van der Waals surface area contributed by atoms with Crippen LogP contribution >= 0.6 is 0 Å². The Balaban J connectivity index is 1.19. The van der Waals surface area contributed by atoms with Crippen molar-refractivity contribution in [3.05, 3.63) is 54.2 Å². The van der Waals surface area contributed by atoms with Gasteiger partial charge < -0.3 is 20.2 Å². The van der Waals surface area contributed by atoms with Crippen molar-refractivity contribution in [1.29, 1.82) is 0 Å². The predicted octanol–water partition coefficient (Wildman–Crippen LogP) is 2.23. The van der Waals surface area contributed by atoms with Gasteiger partial charge in [0, 0.05) is 39.3 Å². The fourth-order valence-electron chi connectivity index (χ4n) is 4.59. The fourth-order valence-corrected chi connectivity index (χ4v) is 4.59. The Hall–Kier alpha value is -2.48. The van der Waals surface area contributed by atoms with Crippen LogP contribution in [0.15, 0.2) is 48.7 Å². The maximum Gasteiger partial charge on any atom is 0.228 e. The summed E-state index contributed by atoms with van der Waals surface area (Å²) in [5, 5.41) is 13.4. The van der Waals surface area contributed by atoms with E-state index >= 15 is 0 Å². The molecule has 1 atom stereocenters. The van der Waals surface area contributed by atoms with Crippen molar-refractivity contribution in [3.8, 4) is 0 Å². The Morgan fingerprint density at radius 3 is 2.25 bits per heavy atom. The lowest BCUT2D eigenvalue weighted by Crippen LogP contribution is -2.50. The third-order valence-electron chi connectivity index (χ3n) is 6.32. The molecule has 1 aromatic heterocycles. The van der Waals surface area contributed by atoms with E-state index in [0.29, 0.717) is 12.1 Å². The number of aliphatic hydroxyl groups excluding tert-OH is 1. The number of piperazine rings is 1. The molecule has 2 saturated heterocycles. The summed E-state index contributed by atoms with van der Waals surface area (Å²) in [6.45, 7) is 7.41. The molecular weight excluding hydrogens is 402 g/mol. The number of hydrogen-bond donors (Lipinski definition) is 2. The van der Waals surface area contributed by atoms with Crippen LogP contribution in [0, 0.1) is 0 Å². The van der Waals surface area contributed by atoms with Gasteiger partial charge in [-0.25, -0.2) is 4.98 Å². The first-order valence-corrected chi connectivity index (χ1v) is 11.8. The molecule has 7 nitrogen and oxygen atoms in total. The Morgan fingerprint density at radius 1 is 0.906 bits per heavy atom. The Kier molecular flexibility index (Phi) is 8.09. The van der Waals surface area contributed by atoms with Crippen molar-refractivity contribution in [2.24, 2.45) is 0 Å². The normalized spacial score (nSPS) is 19.0. The van der Waals surface area contributed by atoms with E-state index in [1.165, 1.54) is 19.3 Å². The van der Waals surface area contributed by atoms with Gasteiger partial charge in [0.25, 0.3) is 0 Å². The van der Waals surface area contributed by atoms with E-state index in [1.807, 2.05) is 42.5 Å². The average Bonchev–Trinajstić information content (AvgIpc) is 2.81. The summed E-state index contributed by atoms with van der Waals surface area (Å²) in [4.78, 5) is 23.8. The van der Waals surface area contributed by atoms with Gasteiger partial charge in [-0.15, -0.1) is 0 Å². The number of aliphatic hydroxyl groups is 1. The summed E-state index contributed by atoms with van der Waals surface area (Å²) in [6, 6.07) is 13.6. The summed E-state index contributed by atoms with van der Waals surface area (Å²) in [5.74, 6) is 0.891. The molecule has 172 valence electrons. The molecule has 0 bridgehead atoms. The number of nitrogens with one attached hydrogen (secondary N) is 1. The topological polar surface area (TPSA) is 71.9 Å². The number of anilines is 2. The number of carbonyl (C=O) groups excluding carboxylic acids is 1. The van der Waals surface area contributed by atoms with E-state index in [2.05, 4.69) is 25.0 Å². The maximum atomic E-state index is 12.2. The van der Waals surface area contributed by atoms with E-state index in [9.17, 15) is 9.90 Å². The van der Waals surface area contributed by atoms with Crippen LogP contribution in [0.5, 0.6) is 0 Å². The first kappa shape index (κ1) is 22.7. The molecular formula is C25H35N5O2. The monoisotopic (exact) mass is 437 g/mol. The molecule has 1 amide bonds. The number of pyridine rings is 1. The number of amides is 1. The number of β-amino-alcohol motifs (C(OH)–C–C–N with tert-alkyl or cyclic N) is 1. The Bertz CT molecular complexity index is 831. The summed E-state index contributed by atoms with van der Waals surface area (Å²) < 4.78 is 0. The van der Waals surface area contributed by atoms with Crippen LogP contribution < -0.4 is 10.2 Å². The van der Waals surface area contributed by atoms with Crippen molar-refractivity contribution >= 4 is 17.4 Å². The van der Waals surface area contributed by atoms with E-state index < -0.39 is 0 Å². The fraction of sp³-hybridized carbons (Fsp3) is 0.520. The summed E-state index contributed by atoms with van der Waals surface area (Å²) in [7, 11) is 0. The lowest BCUT2D eigenvalue weighted by molar-refractivity contribution is -0.115. The minimum Gasteiger partial charge on any atom is -0.390 e. The standard InChI is InChI=1S/C25H35N5O2/c31-23(19-28-11-5-2-6-12-28)20-29-13-15-30(16-14-29)24-10-9-22(18-26-24)27-25(32)17-21-7-3-1-4-8-21/h1,3-4,7-10,18,23,31H,2,5-6,11-17,19-20H2,(H,27,32). The number of benzene rings is 1. The van der Waals surface area contributed by atoms with Gasteiger partial charge in [0.15, 0.2) is 0 Å². The molecule has 0 saturated carbocycles. The molecule has 0 radical (unpaired) electrons. The summed E-state index contributed by atoms with van der Waals surface area (Å²) in [6.07, 6.45) is 5.64. The average molecular weight is 438 g/mol. The highest BCUT2D eigenvalue weighted by atomic mass is 16.3. The smallest absolute Gasteiger partial charge is 0.228 e. The summed E-state index contributed by atoms with van der Waals surface area (Å²) in [5.41, 5.74) is 1.71. The van der Waals surface area contributed by atoms with Crippen LogP contribution in [0.3, 0.4) is 0 Å². The number of rotatable bonds is 8. The number of nitrogens with zero attached hydrogens (tertiary/aromatic N) is 4.